The number of hydrogen-bond donors (Lipinski definition) is 0. The van der Waals surface area contributed by atoms with Crippen LogP contribution in [0.25, 0.3) is 0 Å². The Morgan fingerprint density at radius 3 is 2.81 bits per heavy atom. The van der Waals surface area contributed by atoms with Crippen LogP contribution in [0, 0.1) is 28.6 Å². The number of aldehydes is 1. The molecule has 3 aliphatic carbocycles. The van der Waals surface area contributed by atoms with Crippen LogP contribution < -0.4 is 0 Å². The van der Waals surface area contributed by atoms with Crippen LogP contribution in [0.1, 0.15) is 46.5 Å². The molecular weight excluding hydrogens is 196 g/mol. The van der Waals surface area contributed by atoms with Crippen molar-refractivity contribution in [2.75, 3.05) is 0 Å². The van der Waals surface area contributed by atoms with E-state index in [-0.39, 0.29) is 5.41 Å². The molecular formula is C15H22O. The molecule has 5 atom stereocenters. The molecule has 0 aromatic carbocycles. The summed E-state index contributed by atoms with van der Waals surface area (Å²) in [5.41, 5.74) is 1.99. The molecule has 2 saturated carbocycles. The number of carbonyl (C=O) groups is 1. The lowest BCUT2D eigenvalue weighted by Crippen LogP contribution is -2.36. The summed E-state index contributed by atoms with van der Waals surface area (Å²) in [6.07, 6.45) is 8.76. The van der Waals surface area contributed by atoms with E-state index in [1.807, 2.05) is 0 Å². The smallest absolute Gasteiger partial charge is 0.126 e. The van der Waals surface area contributed by atoms with Crippen molar-refractivity contribution < 1.29 is 4.79 Å². The van der Waals surface area contributed by atoms with Crippen LogP contribution in [0.4, 0.5) is 0 Å². The summed E-state index contributed by atoms with van der Waals surface area (Å²) in [7, 11) is 0. The van der Waals surface area contributed by atoms with E-state index in [0.717, 1.165) is 5.92 Å². The Labute approximate surface area is 98.3 Å². The van der Waals surface area contributed by atoms with Gasteiger partial charge in [0.25, 0.3) is 0 Å². The molecule has 0 aromatic heterocycles. The first-order valence-electron chi connectivity index (χ1n) is 6.71. The van der Waals surface area contributed by atoms with E-state index in [0.29, 0.717) is 17.3 Å². The van der Waals surface area contributed by atoms with Crippen LogP contribution in [0.3, 0.4) is 0 Å². The molecule has 0 aliphatic heterocycles. The molecule has 0 bridgehead atoms. The summed E-state index contributed by atoms with van der Waals surface area (Å²) in [6.45, 7) is 7.00. The third kappa shape index (κ3) is 1.00. The fourth-order valence-corrected chi connectivity index (χ4v) is 4.86. The summed E-state index contributed by atoms with van der Waals surface area (Å²) in [4.78, 5) is 11.4. The van der Waals surface area contributed by atoms with E-state index in [1.165, 1.54) is 32.0 Å². The lowest BCUT2D eigenvalue weighted by atomic mass is 9.60. The minimum Gasteiger partial charge on any atom is -0.303 e. The van der Waals surface area contributed by atoms with Crippen molar-refractivity contribution in [2.45, 2.75) is 46.5 Å². The molecule has 0 amide bonds. The van der Waals surface area contributed by atoms with Gasteiger partial charge in [-0.3, -0.25) is 0 Å². The molecule has 0 unspecified atom stereocenters. The topological polar surface area (TPSA) is 17.1 Å². The Morgan fingerprint density at radius 2 is 2.12 bits per heavy atom. The molecule has 3 rings (SSSR count). The Kier molecular flexibility index (Phi) is 1.98. The maximum atomic E-state index is 11.4. The standard InChI is InChI=1S/C15H22O/c1-10-5-4-6-11-7-8-12-13(15(10,11)3)14(12,2)9-16/h6,9-10,12-13H,4-5,7-8H2,1-3H3/t10-,12-,13+,14-,15+/m1/s1. The minimum atomic E-state index is -0.00403. The van der Waals surface area contributed by atoms with Gasteiger partial charge in [-0.2, -0.15) is 0 Å². The normalized spacial score (nSPS) is 54.7. The van der Waals surface area contributed by atoms with Crippen molar-refractivity contribution >= 4 is 6.29 Å². The molecule has 0 N–H and O–H groups in total. The molecule has 0 heterocycles. The Balaban J connectivity index is 2.04. The van der Waals surface area contributed by atoms with Crippen molar-refractivity contribution in [1.82, 2.24) is 0 Å². The average Bonchev–Trinajstić information content (AvgIpc) is 2.89. The first-order chi connectivity index (χ1) is 7.55. The highest BCUT2D eigenvalue weighted by Gasteiger charge is 2.70. The van der Waals surface area contributed by atoms with E-state index in [1.54, 1.807) is 5.57 Å². The van der Waals surface area contributed by atoms with Crippen LogP contribution in [-0.4, -0.2) is 6.29 Å². The fourth-order valence-electron chi connectivity index (χ4n) is 4.86. The van der Waals surface area contributed by atoms with Gasteiger partial charge in [-0.15, -0.1) is 0 Å². The molecule has 0 aromatic rings. The lowest BCUT2D eigenvalue weighted by Gasteiger charge is -2.45. The van der Waals surface area contributed by atoms with Gasteiger partial charge in [-0.05, 0) is 48.9 Å². The quantitative estimate of drug-likeness (QED) is 0.485. The zero-order chi connectivity index (χ0) is 11.6. The summed E-state index contributed by atoms with van der Waals surface area (Å²) >= 11 is 0. The maximum Gasteiger partial charge on any atom is 0.126 e. The van der Waals surface area contributed by atoms with Crippen molar-refractivity contribution in [3.8, 4) is 0 Å². The SMILES string of the molecule is C[C@@H]1CCC=C2CC[C@@H]3[C@@H]([C@]3(C)C=O)[C@]21C. The Morgan fingerprint density at radius 1 is 1.38 bits per heavy atom. The van der Waals surface area contributed by atoms with Gasteiger partial charge in [-0.1, -0.05) is 32.4 Å². The second-order valence-corrected chi connectivity index (χ2v) is 6.60. The summed E-state index contributed by atoms with van der Waals surface area (Å²) in [5, 5.41) is 0. The first kappa shape index (κ1) is 10.6. The average molecular weight is 218 g/mol. The van der Waals surface area contributed by atoms with Crippen molar-refractivity contribution in [1.29, 1.82) is 0 Å². The van der Waals surface area contributed by atoms with Crippen LogP contribution in [0.5, 0.6) is 0 Å². The van der Waals surface area contributed by atoms with Gasteiger partial charge in [0.15, 0.2) is 0 Å². The molecule has 3 aliphatic rings. The zero-order valence-corrected chi connectivity index (χ0v) is 10.6. The minimum absolute atomic E-state index is 0.00403. The highest BCUT2D eigenvalue weighted by atomic mass is 16.1. The molecule has 16 heavy (non-hydrogen) atoms. The van der Waals surface area contributed by atoms with Gasteiger partial charge in [0.05, 0.1) is 0 Å². The van der Waals surface area contributed by atoms with Gasteiger partial charge in [0, 0.05) is 5.41 Å². The van der Waals surface area contributed by atoms with Crippen molar-refractivity contribution in [2.24, 2.45) is 28.6 Å². The second-order valence-electron chi connectivity index (χ2n) is 6.60. The number of fused-ring (bicyclic) bond motifs is 3. The second kappa shape index (κ2) is 3.00. The number of rotatable bonds is 1. The third-order valence-electron chi connectivity index (χ3n) is 6.09. The van der Waals surface area contributed by atoms with Crippen LogP contribution in [0.2, 0.25) is 0 Å². The van der Waals surface area contributed by atoms with E-state index < -0.39 is 0 Å². The molecule has 0 saturated heterocycles. The summed E-state index contributed by atoms with van der Waals surface area (Å²) in [5.74, 6) is 2.06. The number of hydrogen-bond acceptors (Lipinski definition) is 1. The predicted octanol–water partition coefficient (Wildman–Crippen LogP) is 3.59. The van der Waals surface area contributed by atoms with Gasteiger partial charge < -0.3 is 4.79 Å². The zero-order valence-electron chi connectivity index (χ0n) is 10.6. The molecule has 2 fully saturated rings. The van der Waals surface area contributed by atoms with Crippen LogP contribution in [-0.2, 0) is 4.79 Å². The first-order valence-corrected chi connectivity index (χ1v) is 6.71. The van der Waals surface area contributed by atoms with E-state index >= 15 is 0 Å². The van der Waals surface area contributed by atoms with Gasteiger partial charge in [0.1, 0.15) is 6.29 Å². The molecule has 1 nitrogen and oxygen atoms in total. The van der Waals surface area contributed by atoms with E-state index in [4.69, 9.17) is 0 Å². The summed E-state index contributed by atoms with van der Waals surface area (Å²) in [6, 6.07) is 0. The molecule has 88 valence electrons. The predicted molar refractivity (Wildman–Crippen MR) is 65.0 cm³/mol. The Hall–Kier alpha value is -0.590. The molecule has 0 spiro atoms. The molecule has 0 radical (unpaired) electrons. The van der Waals surface area contributed by atoms with E-state index in [2.05, 4.69) is 26.8 Å². The van der Waals surface area contributed by atoms with Crippen molar-refractivity contribution in [3.05, 3.63) is 11.6 Å². The number of carbonyl (C=O) groups excluding carboxylic acids is 1. The maximum absolute atomic E-state index is 11.4. The van der Waals surface area contributed by atoms with Crippen LogP contribution in [0.15, 0.2) is 11.6 Å². The van der Waals surface area contributed by atoms with Crippen LogP contribution >= 0.6 is 0 Å². The summed E-state index contributed by atoms with van der Waals surface area (Å²) < 4.78 is 0. The largest absolute Gasteiger partial charge is 0.303 e. The highest BCUT2D eigenvalue weighted by molar-refractivity contribution is 5.67. The lowest BCUT2D eigenvalue weighted by molar-refractivity contribution is -0.112. The van der Waals surface area contributed by atoms with Gasteiger partial charge in [-0.25, -0.2) is 0 Å². The number of allylic oxidation sites excluding steroid dienone is 2. The van der Waals surface area contributed by atoms with Crippen molar-refractivity contribution in [3.63, 3.8) is 0 Å². The van der Waals surface area contributed by atoms with Gasteiger partial charge >= 0.3 is 0 Å². The highest BCUT2D eigenvalue weighted by Crippen LogP contribution is 2.74. The molecule has 1 heteroatoms. The third-order valence-corrected chi connectivity index (χ3v) is 6.09. The van der Waals surface area contributed by atoms with Gasteiger partial charge in [0.2, 0.25) is 0 Å². The van der Waals surface area contributed by atoms with E-state index in [9.17, 15) is 4.79 Å². The Bertz CT molecular complexity index is 370. The monoisotopic (exact) mass is 218 g/mol. The fraction of sp³-hybridized carbons (Fsp3) is 0.800.